The molecule has 21 heavy (non-hydrogen) atoms. The van der Waals surface area contributed by atoms with Crippen molar-refractivity contribution in [2.24, 2.45) is 9.98 Å². The minimum atomic E-state index is 0.875. The summed E-state index contributed by atoms with van der Waals surface area (Å²) in [6, 6.07) is 0. The maximum absolute atomic E-state index is 4.54. The summed E-state index contributed by atoms with van der Waals surface area (Å²) < 4.78 is 0. The van der Waals surface area contributed by atoms with Gasteiger partial charge in [0, 0.05) is 19.6 Å². The molecule has 0 saturated carbocycles. The number of nitrogens with zero attached hydrogens (tertiary/aromatic N) is 3. The number of nitrogens with one attached hydrogen (secondary N) is 2. The zero-order chi connectivity index (χ0) is 14.8. The van der Waals surface area contributed by atoms with Crippen LogP contribution >= 0.6 is 0 Å². The molecule has 0 amide bonds. The van der Waals surface area contributed by atoms with Crippen molar-refractivity contribution in [2.45, 2.75) is 58.3 Å². The quantitative estimate of drug-likeness (QED) is 0.642. The van der Waals surface area contributed by atoms with E-state index >= 15 is 0 Å². The summed E-state index contributed by atoms with van der Waals surface area (Å²) in [5, 5.41) is 6.79. The molecule has 2 aliphatic heterocycles. The molecule has 2 rings (SSSR count). The van der Waals surface area contributed by atoms with Gasteiger partial charge in [0.1, 0.15) is 0 Å². The Bertz CT molecular complexity index is 351. The van der Waals surface area contributed by atoms with Crippen LogP contribution in [0.3, 0.4) is 0 Å². The number of hydrogen-bond acceptors (Lipinski definition) is 5. The summed E-state index contributed by atoms with van der Waals surface area (Å²) in [6.07, 6.45) is 10.9. The number of hydrogen-bond donors (Lipinski definition) is 2. The summed E-state index contributed by atoms with van der Waals surface area (Å²) >= 11 is 0. The van der Waals surface area contributed by atoms with Crippen LogP contribution in [0.15, 0.2) is 9.98 Å². The van der Waals surface area contributed by atoms with Gasteiger partial charge >= 0.3 is 0 Å². The third-order valence-electron chi connectivity index (χ3n) is 4.07. The van der Waals surface area contributed by atoms with Crippen LogP contribution in [-0.2, 0) is 0 Å². The molecule has 5 nitrogen and oxygen atoms in total. The second-order valence-corrected chi connectivity index (χ2v) is 5.89. The van der Waals surface area contributed by atoms with Gasteiger partial charge in [0.15, 0.2) is 0 Å². The second-order valence-electron chi connectivity index (χ2n) is 5.89. The molecular formula is C16H31N5. The SMILES string of the molecule is CCCCCCCCCCNC1=NCCN1C1=NCCN1. The fourth-order valence-corrected chi connectivity index (χ4v) is 2.83. The van der Waals surface area contributed by atoms with E-state index in [1.807, 2.05) is 0 Å². The van der Waals surface area contributed by atoms with Crippen molar-refractivity contribution in [2.75, 3.05) is 32.7 Å². The molecule has 0 radical (unpaired) electrons. The van der Waals surface area contributed by atoms with Crippen LogP contribution in [0.2, 0.25) is 0 Å². The van der Waals surface area contributed by atoms with Gasteiger partial charge in [0.2, 0.25) is 11.9 Å². The van der Waals surface area contributed by atoms with E-state index in [1.54, 1.807) is 0 Å². The van der Waals surface area contributed by atoms with Crippen molar-refractivity contribution >= 4 is 11.9 Å². The van der Waals surface area contributed by atoms with Gasteiger partial charge in [-0.05, 0) is 6.42 Å². The van der Waals surface area contributed by atoms with Crippen LogP contribution in [-0.4, -0.2) is 49.5 Å². The van der Waals surface area contributed by atoms with Gasteiger partial charge in [0.05, 0.1) is 13.1 Å². The minimum absolute atomic E-state index is 0.875. The van der Waals surface area contributed by atoms with Crippen LogP contribution in [0.5, 0.6) is 0 Å². The molecule has 0 unspecified atom stereocenters. The van der Waals surface area contributed by atoms with Crippen LogP contribution in [0.4, 0.5) is 0 Å². The summed E-state index contributed by atoms with van der Waals surface area (Å²) in [4.78, 5) is 11.2. The number of rotatable bonds is 9. The van der Waals surface area contributed by atoms with Gasteiger partial charge in [-0.25, -0.2) is 0 Å². The van der Waals surface area contributed by atoms with Gasteiger partial charge in [-0.3, -0.25) is 14.9 Å². The molecule has 120 valence electrons. The molecule has 2 heterocycles. The lowest BCUT2D eigenvalue weighted by Gasteiger charge is -2.20. The van der Waals surface area contributed by atoms with Crippen molar-refractivity contribution < 1.29 is 0 Å². The first-order valence-electron chi connectivity index (χ1n) is 8.76. The fourth-order valence-electron chi connectivity index (χ4n) is 2.83. The standard InChI is InChI=1S/C16H31N5/c1-2-3-4-5-6-7-8-9-10-17-15-20-13-14-21(15)16-18-11-12-19-16/h2-14H2,1H3,(H,17,20)(H,18,19). The highest BCUT2D eigenvalue weighted by molar-refractivity contribution is 6.00. The summed E-state index contributed by atoms with van der Waals surface area (Å²) in [7, 11) is 0. The van der Waals surface area contributed by atoms with Crippen molar-refractivity contribution in [1.82, 2.24) is 15.5 Å². The molecule has 0 bridgehead atoms. The van der Waals surface area contributed by atoms with Gasteiger partial charge in [-0.1, -0.05) is 51.9 Å². The lowest BCUT2D eigenvalue weighted by Crippen LogP contribution is -2.46. The van der Waals surface area contributed by atoms with E-state index in [-0.39, 0.29) is 0 Å². The Hall–Kier alpha value is -1.26. The smallest absolute Gasteiger partial charge is 0.201 e. The first-order valence-corrected chi connectivity index (χ1v) is 8.76. The Morgan fingerprint density at radius 1 is 1.00 bits per heavy atom. The molecule has 5 heteroatoms. The van der Waals surface area contributed by atoms with Crippen molar-refractivity contribution in [3.05, 3.63) is 0 Å². The first-order chi connectivity index (χ1) is 10.4. The zero-order valence-corrected chi connectivity index (χ0v) is 13.5. The van der Waals surface area contributed by atoms with Crippen LogP contribution in [0.25, 0.3) is 0 Å². The van der Waals surface area contributed by atoms with E-state index in [9.17, 15) is 0 Å². The molecule has 0 spiro atoms. The largest absolute Gasteiger partial charge is 0.356 e. The van der Waals surface area contributed by atoms with Crippen LogP contribution in [0.1, 0.15) is 58.3 Å². The number of unbranched alkanes of at least 4 members (excludes halogenated alkanes) is 7. The molecule has 0 aromatic rings. The van der Waals surface area contributed by atoms with Gasteiger partial charge in [-0.15, -0.1) is 0 Å². The Kier molecular flexibility index (Phi) is 7.39. The van der Waals surface area contributed by atoms with E-state index in [1.165, 1.54) is 51.4 Å². The summed E-state index contributed by atoms with van der Waals surface area (Å²) in [6.45, 7) is 6.96. The topological polar surface area (TPSA) is 52.0 Å². The Labute approximate surface area is 129 Å². The first kappa shape index (κ1) is 16.1. The Morgan fingerprint density at radius 2 is 1.76 bits per heavy atom. The third kappa shape index (κ3) is 5.56. The average molecular weight is 293 g/mol. The van der Waals surface area contributed by atoms with Crippen molar-refractivity contribution in [3.8, 4) is 0 Å². The molecule has 0 atom stereocenters. The van der Waals surface area contributed by atoms with E-state index in [4.69, 9.17) is 0 Å². The number of guanidine groups is 2. The molecule has 2 N–H and O–H groups in total. The third-order valence-corrected chi connectivity index (χ3v) is 4.07. The Morgan fingerprint density at radius 3 is 2.48 bits per heavy atom. The molecule has 0 saturated heterocycles. The van der Waals surface area contributed by atoms with Crippen molar-refractivity contribution in [1.29, 1.82) is 0 Å². The minimum Gasteiger partial charge on any atom is -0.356 e. The molecule has 0 fully saturated rings. The highest BCUT2D eigenvalue weighted by atomic mass is 15.4. The molecular weight excluding hydrogens is 262 g/mol. The Balaban J connectivity index is 1.50. The maximum atomic E-state index is 4.54. The molecule has 0 aromatic heterocycles. The monoisotopic (exact) mass is 293 g/mol. The van der Waals surface area contributed by atoms with E-state index in [2.05, 4.69) is 32.4 Å². The maximum Gasteiger partial charge on any atom is 0.201 e. The van der Waals surface area contributed by atoms with Gasteiger partial charge in [0.25, 0.3) is 0 Å². The highest BCUT2D eigenvalue weighted by Gasteiger charge is 2.23. The van der Waals surface area contributed by atoms with Crippen LogP contribution < -0.4 is 10.6 Å². The lowest BCUT2D eigenvalue weighted by molar-refractivity contribution is 0.564. The normalized spacial score (nSPS) is 17.7. The van der Waals surface area contributed by atoms with E-state index in [0.29, 0.717) is 0 Å². The second kappa shape index (κ2) is 9.64. The van der Waals surface area contributed by atoms with E-state index < -0.39 is 0 Å². The molecule has 0 aromatic carbocycles. The van der Waals surface area contributed by atoms with Gasteiger partial charge in [-0.2, -0.15) is 0 Å². The fraction of sp³-hybridized carbons (Fsp3) is 0.875. The van der Waals surface area contributed by atoms with Crippen LogP contribution in [0, 0.1) is 0 Å². The predicted molar refractivity (Wildman–Crippen MR) is 89.9 cm³/mol. The highest BCUT2D eigenvalue weighted by Crippen LogP contribution is 2.08. The average Bonchev–Trinajstić information content (AvgIpc) is 3.16. The number of aliphatic imine (C=N–C) groups is 2. The lowest BCUT2D eigenvalue weighted by atomic mass is 10.1. The summed E-state index contributed by atoms with van der Waals surface area (Å²) in [5.74, 6) is 2.00. The van der Waals surface area contributed by atoms with Crippen molar-refractivity contribution in [3.63, 3.8) is 0 Å². The molecule has 0 aliphatic carbocycles. The zero-order valence-electron chi connectivity index (χ0n) is 13.5. The summed E-state index contributed by atoms with van der Waals surface area (Å²) in [5.41, 5.74) is 0. The van der Waals surface area contributed by atoms with E-state index in [0.717, 1.165) is 44.6 Å². The van der Waals surface area contributed by atoms with Gasteiger partial charge < -0.3 is 10.6 Å². The predicted octanol–water partition coefficient (Wildman–Crippen LogP) is 2.35. The molecule has 2 aliphatic rings.